The van der Waals surface area contributed by atoms with E-state index in [-0.39, 0.29) is 30.7 Å². The number of piperidine rings is 1. The van der Waals surface area contributed by atoms with Gasteiger partial charge in [-0.1, -0.05) is 36.4 Å². The first-order valence-corrected chi connectivity index (χ1v) is 14.3. The molecule has 1 heterocycles. The first-order chi connectivity index (χ1) is 20.5. The van der Waals surface area contributed by atoms with E-state index in [4.69, 9.17) is 9.47 Å². The summed E-state index contributed by atoms with van der Waals surface area (Å²) in [5.41, 5.74) is 1.75. The summed E-state index contributed by atoms with van der Waals surface area (Å²) in [4.78, 5) is 47.7. The van der Waals surface area contributed by atoms with Crippen molar-refractivity contribution in [2.45, 2.75) is 12.8 Å². The Bertz CT molecular complexity index is 1410. The zero-order valence-corrected chi connectivity index (χ0v) is 25.7. The molecule has 0 N–H and O–H groups in total. The Morgan fingerprint density at radius 2 is 1.33 bits per heavy atom. The van der Waals surface area contributed by atoms with Crippen LogP contribution in [-0.2, 0) is 0 Å². The number of likely N-dealkylation sites (tertiary alicyclic amines) is 1. The molecule has 9 heteroatoms. The third-order valence-corrected chi connectivity index (χ3v) is 8.23. The third kappa shape index (κ3) is 7.05. The molecule has 0 aromatic heterocycles. The standard InChI is InChI=1S/C34H40FN3O5/c1-22-27(14-9-15-30(22)35)31-28(32(39)23-10-7-12-25(18-23)42-5)20-38(34(41)37(4)17-16-36(2)3)21-29(31)33(40)24-11-8-13-26(19-24)43-6/h7-15,18-19,28-29,31H,16-17,20-21H2,1-6H3. The quantitative estimate of drug-likeness (QED) is 0.304. The van der Waals surface area contributed by atoms with E-state index in [9.17, 15) is 14.4 Å². The molecule has 4 rings (SSSR count). The lowest BCUT2D eigenvalue weighted by molar-refractivity contribution is 0.0598. The number of methoxy groups -OCH3 is 2. The van der Waals surface area contributed by atoms with Gasteiger partial charge < -0.3 is 24.2 Å². The molecule has 3 aromatic rings. The molecular formula is C34H40FN3O5. The Kier molecular flexibility index (Phi) is 10.2. The molecule has 1 fully saturated rings. The van der Waals surface area contributed by atoms with Gasteiger partial charge in [0.15, 0.2) is 11.6 Å². The predicted octanol–water partition coefficient (Wildman–Crippen LogP) is 5.16. The minimum absolute atomic E-state index is 0.0731. The number of ether oxygens (including phenoxy) is 2. The Labute approximate surface area is 253 Å². The normalized spacial score (nSPS) is 18.3. The molecule has 0 saturated carbocycles. The van der Waals surface area contributed by atoms with Gasteiger partial charge in [-0.25, -0.2) is 9.18 Å². The van der Waals surface area contributed by atoms with Crippen molar-refractivity contribution >= 4 is 17.6 Å². The number of likely N-dealkylation sites (N-methyl/N-ethyl adjacent to an activating group) is 2. The summed E-state index contributed by atoms with van der Waals surface area (Å²) in [5, 5.41) is 0. The molecule has 3 aromatic carbocycles. The summed E-state index contributed by atoms with van der Waals surface area (Å²) >= 11 is 0. The van der Waals surface area contributed by atoms with Crippen molar-refractivity contribution in [2.24, 2.45) is 11.8 Å². The molecule has 8 nitrogen and oxygen atoms in total. The van der Waals surface area contributed by atoms with Crippen molar-refractivity contribution in [1.82, 2.24) is 14.7 Å². The van der Waals surface area contributed by atoms with Crippen molar-refractivity contribution in [2.75, 3.05) is 61.5 Å². The number of rotatable bonds is 10. The van der Waals surface area contributed by atoms with E-state index in [1.807, 2.05) is 19.0 Å². The van der Waals surface area contributed by atoms with Crippen LogP contribution in [0.25, 0.3) is 0 Å². The van der Waals surface area contributed by atoms with Gasteiger partial charge in [0.2, 0.25) is 0 Å². The largest absolute Gasteiger partial charge is 0.497 e. The van der Waals surface area contributed by atoms with Gasteiger partial charge in [-0.3, -0.25) is 9.59 Å². The number of benzene rings is 3. The van der Waals surface area contributed by atoms with Gasteiger partial charge in [0, 0.05) is 62.1 Å². The van der Waals surface area contributed by atoms with Crippen molar-refractivity contribution in [3.63, 3.8) is 0 Å². The molecule has 2 atom stereocenters. The van der Waals surface area contributed by atoms with E-state index in [1.165, 1.54) is 20.3 Å². The molecule has 2 amide bonds. The van der Waals surface area contributed by atoms with Crippen LogP contribution in [0.3, 0.4) is 0 Å². The average molecular weight is 590 g/mol. The third-order valence-electron chi connectivity index (χ3n) is 8.23. The molecule has 2 unspecified atom stereocenters. The highest BCUT2D eigenvalue weighted by atomic mass is 19.1. The van der Waals surface area contributed by atoms with Gasteiger partial charge in [0.25, 0.3) is 0 Å². The highest BCUT2D eigenvalue weighted by Crippen LogP contribution is 2.43. The predicted molar refractivity (Wildman–Crippen MR) is 164 cm³/mol. The van der Waals surface area contributed by atoms with E-state index in [0.29, 0.717) is 46.8 Å². The van der Waals surface area contributed by atoms with Gasteiger partial charge >= 0.3 is 6.03 Å². The van der Waals surface area contributed by atoms with Crippen LogP contribution >= 0.6 is 0 Å². The zero-order chi connectivity index (χ0) is 31.3. The van der Waals surface area contributed by atoms with Crippen molar-refractivity contribution in [1.29, 1.82) is 0 Å². The van der Waals surface area contributed by atoms with Gasteiger partial charge in [-0.2, -0.15) is 0 Å². The first-order valence-electron chi connectivity index (χ1n) is 14.3. The first kappa shape index (κ1) is 31.7. The molecule has 0 aliphatic carbocycles. The second kappa shape index (κ2) is 13.8. The van der Waals surface area contributed by atoms with Gasteiger partial charge in [-0.05, 0) is 62.5 Å². The van der Waals surface area contributed by atoms with Crippen LogP contribution in [0, 0.1) is 24.6 Å². The van der Waals surface area contributed by atoms with Crippen LogP contribution in [0.1, 0.15) is 37.8 Å². The van der Waals surface area contributed by atoms with Gasteiger partial charge in [0.1, 0.15) is 17.3 Å². The van der Waals surface area contributed by atoms with Gasteiger partial charge in [-0.15, -0.1) is 0 Å². The fraction of sp³-hybridized carbons (Fsp3) is 0.382. The van der Waals surface area contributed by atoms with Crippen LogP contribution in [0.15, 0.2) is 66.7 Å². The van der Waals surface area contributed by atoms with Crippen LogP contribution < -0.4 is 9.47 Å². The zero-order valence-electron chi connectivity index (χ0n) is 25.7. The second-order valence-electron chi connectivity index (χ2n) is 11.3. The molecule has 228 valence electrons. The smallest absolute Gasteiger partial charge is 0.319 e. The molecule has 1 saturated heterocycles. The number of Topliss-reactive ketones (excluding diaryl/α,β-unsaturated/α-hetero) is 2. The Morgan fingerprint density at radius 3 is 1.81 bits per heavy atom. The summed E-state index contributed by atoms with van der Waals surface area (Å²) in [6.07, 6.45) is 0. The monoisotopic (exact) mass is 589 g/mol. The van der Waals surface area contributed by atoms with E-state index in [0.717, 1.165) is 0 Å². The number of carbonyl (C=O) groups is 3. The molecule has 0 spiro atoms. The van der Waals surface area contributed by atoms with Crippen LogP contribution in [0.5, 0.6) is 11.5 Å². The van der Waals surface area contributed by atoms with Crippen molar-refractivity contribution in [3.05, 3.63) is 94.8 Å². The topological polar surface area (TPSA) is 79.4 Å². The second-order valence-corrected chi connectivity index (χ2v) is 11.3. The summed E-state index contributed by atoms with van der Waals surface area (Å²) in [6.45, 7) is 2.93. The summed E-state index contributed by atoms with van der Waals surface area (Å²) in [7, 11) is 8.62. The lowest BCUT2D eigenvalue weighted by atomic mass is 9.68. The number of hydrogen-bond donors (Lipinski definition) is 0. The molecular weight excluding hydrogens is 549 g/mol. The van der Waals surface area contributed by atoms with Crippen LogP contribution in [-0.4, -0.2) is 93.8 Å². The maximum absolute atomic E-state index is 15.0. The number of carbonyl (C=O) groups excluding carboxylic acids is 3. The summed E-state index contributed by atoms with van der Waals surface area (Å²) in [6, 6.07) is 18.1. The molecule has 1 aliphatic rings. The Morgan fingerprint density at radius 1 is 0.814 bits per heavy atom. The van der Waals surface area contributed by atoms with Crippen molar-refractivity contribution in [3.8, 4) is 11.5 Å². The number of nitrogens with zero attached hydrogens (tertiary/aromatic N) is 3. The lowest BCUT2D eigenvalue weighted by Gasteiger charge is -2.44. The number of amides is 2. The fourth-order valence-corrected chi connectivity index (χ4v) is 5.79. The minimum Gasteiger partial charge on any atom is -0.497 e. The molecule has 1 aliphatic heterocycles. The van der Waals surface area contributed by atoms with Gasteiger partial charge in [0.05, 0.1) is 14.2 Å². The van der Waals surface area contributed by atoms with Crippen LogP contribution in [0.2, 0.25) is 0 Å². The molecule has 0 bridgehead atoms. The molecule has 0 radical (unpaired) electrons. The maximum atomic E-state index is 15.0. The summed E-state index contributed by atoms with van der Waals surface area (Å²) < 4.78 is 25.8. The fourth-order valence-electron chi connectivity index (χ4n) is 5.79. The maximum Gasteiger partial charge on any atom is 0.319 e. The SMILES string of the molecule is COc1cccc(C(=O)C2CN(C(=O)N(C)CCN(C)C)CC(C(=O)c3cccc(OC)c3)C2c2cccc(F)c2C)c1. The Balaban J connectivity index is 1.86. The minimum atomic E-state index is -0.827. The highest BCUT2D eigenvalue weighted by Gasteiger charge is 2.47. The number of ketones is 2. The average Bonchev–Trinajstić information content (AvgIpc) is 3.03. The van der Waals surface area contributed by atoms with E-state index >= 15 is 4.39 Å². The van der Waals surface area contributed by atoms with E-state index < -0.39 is 23.6 Å². The van der Waals surface area contributed by atoms with E-state index in [1.54, 1.807) is 84.4 Å². The van der Waals surface area contributed by atoms with E-state index in [2.05, 4.69) is 0 Å². The Hall–Kier alpha value is -4.24. The molecule has 43 heavy (non-hydrogen) atoms. The number of halogens is 1. The summed E-state index contributed by atoms with van der Waals surface area (Å²) in [5.74, 6) is -2.22. The van der Waals surface area contributed by atoms with Crippen LogP contribution in [0.4, 0.5) is 9.18 Å². The number of hydrogen-bond acceptors (Lipinski definition) is 6. The van der Waals surface area contributed by atoms with Crippen molar-refractivity contribution < 1.29 is 28.2 Å². The highest BCUT2D eigenvalue weighted by molar-refractivity contribution is 6.03. The number of urea groups is 1. The lowest BCUT2D eigenvalue weighted by Crippen LogP contribution is -2.55.